The van der Waals surface area contributed by atoms with Crippen LogP contribution in [-0.4, -0.2) is 22.4 Å². The molecule has 1 aromatic heterocycles. The van der Waals surface area contributed by atoms with Crippen molar-refractivity contribution in [3.8, 4) is 5.75 Å². The number of rotatable bonds is 5. The molecule has 0 amide bonds. The Morgan fingerprint density at radius 2 is 2.18 bits per heavy atom. The zero-order chi connectivity index (χ0) is 12.1. The predicted octanol–water partition coefficient (Wildman–Crippen LogP) is 2.19. The third kappa shape index (κ3) is 3.73. The highest BCUT2D eigenvalue weighted by Gasteiger charge is 2.19. The average Bonchev–Trinajstić information content (AvgIpc) is 2.77. The molecule has 0 atom stereocenters. The Labute approximate surface area is 103 Å². The monoisotopic (exact) mass is 237 g/mol. The lowest BCUT2D eigenvalue weighted by atomic mass is 9.86. The van der Waals surface area contributed by atoms with Gasteiger partial charge in [-0.1, -0.05) is 6.92 Å². The Morgan fingerprint density at radius 3 is 2.88 bits per heavy atom. The lowest BCUT2D eigenvalue weighted by molar-refractivity contribution is 0.284. The summed E-state index contributed by atoms with van der Waals surface area (Å²) < 4.78 is 7.55. The summed E-state index contributed by atoms with van der Waals surface area (Å²) in [7, 11) is 0. The fourth-order valence-electron chi connectivity index (χ4n) is 2.37. The van der Waals surface area contributed by atoms with Crippen LogP contribution in [0.3, 0.4) is 0 Å². The van der Waals surface area contributed by atoms with Gasteiger partial charge in [0.25, 0.3) is 0 Å². The van der Waals surface area contributed by atoms with Gasteiger partial charge in [-0.3, -0.25) is 4.68 Å². The van der Waals surface area contributed by atoms with Gasteiger partial charge in [-0.25, -0.2) is 0 Å². The van der Waals surface area contributed by atoms with Gasteiger partial charge in [0.05, 0.1) is 19.0 Å². The topological polar surface area (TPSA) is 53.1 Å². The normalized spacial score (nSPS) is 24.8. The van der Waals surface area contributed by atoms with Crippen LogP contribution in [0.4, 0.5) is 0 Å². The number of nitrogens with two attached hydrogens (primary N) is 1. The predicted molar refractivity (Wildman–Crippen MR) is 67.9 cm³/mol. The van der Waals surface area contributed by atoms with Crippen molar-refractivity contribution in [3.63, 3.8) is 0 Å². The van der Waals surface area contributed by atoms with Crippen molar-refractivity contribution in [1.29, 1.82) is 0 Å². The Morgan fingerprint density at radius 1 is 1.41 bits per heavy atom. The third-order valence-electron chi connectivity index (χ3n) is 3.42. The van der Waals surface area contributed by atoms with Crippen LogP contribution in [0.2, 0.25) is 0 Å². The smallest absolute Gasteiger partial charge is 0.157 e. The summed E-state index contributed by atoms with van der Waals surface area (Å²) in [4.78, 5) is 0. The van der Waals surface area contributed by atoms with Gasteiger partial charge in [-0.05, 0) is 38.0 Å². The van der Waals surface area contributed by atoms with Gasteiger partial charge in [0.15, 0.2) is 5.75 Å². The molecule has 2 N–H and O–H groups in total. The Balaban J connectivity index is 1.80. The standard InChI is InChI=1S/C13H23N3O/c1-2-7-17-13-8-15-16(10-13)9-11-3-5-12(14)6-4-11/h8,10-12H,2-7,9,14H2,1H3. The molecule has 1 aliphatic rings. The molecule has 1 fully saturated rings. The van der Waals surface area contributed by atoms with Gasteiger partial charge in [-0.15, -0.1) is 0 Å². The van der Waals surface area contributed by atoms with E-state index in [-0.39, 0.29) is 0 Å². The van der Waals surface area contributed by atoms with Crippen molar-refractivity contribution < 1.29 is 4.74 Å². The summed E-state index contributed by atoms with van der Waals surface area (Å²) >= 11 is 0. The van der Waals surface area contributed by atoms with E-state index in [0.717, 1.165) is 44.1 Å². The zero-order valence-electron chi connectivity index (χ0n) is 10.6. The van der Waals surface area contributed by atoms with Crippen LogP contribution in [0.1, 0.15) is 39.0 Å². The van der Waals surface area contributed by atoms with Gasteiger partial charge in [0.2, 0.25) is 0 Å². The highest BCUT2D eigenvalue weighted by Crippen LogP contribution is 2.24. The minimum Gasteiger partial charge on any atom is -0.490 e. The molecule has 1 saturated carbocycles. The molecular weight excluding hydrogens is 214 g/mol. The molecule has 0 aliphatic heterocycles. The molecule has 96 valence electrons. The minimum atomic E-state index is 0.423. The first-order valence-corrected chi connectivity index (χ1v) is 6.68. The summed E-state index contributed by atoms with van der Waals surface area (Å²) in [5.41, 5.74) is 5.91. The fourth-order valence-corrected chi connectivity index (χ4v) is 2.37. The van der Waals surface area contributed by atoms with E-state index in [0.29, 0.717) is 6.04 Å². The van der Waals surface area contributed by atoms with Gasteiger partial charge < -0.3 is 10.5 Å². The van der Waals surface area contributed by atoms with Crippen molar-refractivity contribution in [3.05, 3.63) is 12.4 Å². The average molecular weight is 237 g/mol. The van der Waals surface area contributed by atoms with Gasteiger partial charge in [0.1, 0.15) is 0 Å². The molecule has 0 unspecified atom stereocenters. The number of hydrogen-bond donors (Lipinski definition) is 1. The zero-order valence-corrected chi connectivity index (χ0v) is 10.6. The van der Waals surface area contributed by atoms with E-state index in [9.17, 15) is 0 Å². The first kappa shape index (κ1) is 12.4. The van der Waals surface area contributed by atoms with E-state index >= 15 is 0 Å². The van der Waals surface area contributed by atoms with E-state index in [1.54, 1.807) is 0 Å². The van der Waals surface area contributed by atoms with E-state index in [2.05, 4.69) is 12.0 Å². The Kier molecular flexibility index (Phi) is 4.42. The van der Waals surface area contributed by atoms with Crippen molar-refractivity contribution in [2.45, 2.75) is 51.6 Å². The molecule has 1 heterocycles. The molecule has 0 radical (unpaired) electrons. The van der Waals surface area contributed by atoms with E-state index < -0.39 is 0 Å². The van der Waals surface area contributed by atoms with Crippen molar-refractivity contribution >= 4 is 0 Å². The Bertz CT molecular complexity index is 329. The van der Waals surface area contributed by atoms with Crippen molar-refractivity contribution in [1.82, 2.24) is 9.78 Å². The summed E-state index contributed by atoms with van der Waals surface area (Å²) in [5, 5.41) is 4.34. The second-order valence-corrected chi connectivity index (χ2v) is 5.03. The molecule has 4 nitrogen and oxygen atoms in total. The third-order valence-corrected chi connectivity index (χ3v) is 3.42. The molecule has 0 spiro atoms. The van der Waals surface area contributed by atoms with Gasteiger partial charge in [0, 0.05) is 12.6 Å². The number of ether oxygens (including phenoxy) is 1. The van der Waals surface area contributed by atoms with Crippen molar-refractivity contribution in [2.75, 3.05) is 6.61 Å². The van der Waals surface area contributed by atoms with Crippen molar-refractivity contribution in [2.24, 2.45) is 11.7 Å². The first-order chi connectivity index (χ1) is 8.28. The molecule has 2 rings (SSSR count). The highest BCUT2D eigenvalue weighted by atomic mass is 16.5. The maximum Gasteiger partial charge on any atom is 0.157 e. The van der Waals surface area contributed by atoms with Crippen LogP contribution < -0.4 is 10.5 Å². The van der Waals surface area contributed by atoms with Crippen LogP contribution in [-0.2, 0) is 6.54 Å². The molecule has 17 heavy (non-hydrogen) atoms. The van der Waals surface area contributed by atoms with Crippen LogP contribution in [0.5, 0.6) is 5.75 Å². The lowest BCUT2D eigenvalue weighted by Gasteiger charge is -2.25. The summed E-state index contributed by atoms with van der Waals surface area (Å²) in [6, 6.07) is 0.423. The molecular formula is C13H23N3O. The van der Waals surface area contributed by atoms with E-state index in [4.69, 9.17) is 10.5 Å². The minimum absolute atomic E-state index is 0.423. The maximum absolute atomic E-state index is 5.91. The SMILES string of the molecule is CCCOc1cnn(CC2CCC(N)CC2)c1. The fraction of sp³-hybridized carbons (Fsp3) is 0.769. The highest BCUT2D eigenvalue weighted by molar-refractivity contribution is 5.11. The van der Waals surface area contributed by atoms with Crippen LogP contribution in [0.25, 0.3) is 0 Å². The lowest BCUT2D eigenvalue weighted by Crippen LogP contribution is -2.28. The summed E-state index contributed by atoms with van der Waals surface area (Å²) in [6.07, 6.45) is 9.62. The molecule has 0 bridgehead atoms. The number of nitrogens with zero attached hydrogens (tertiary/aromatic N) is 2. The van der Waals surface area contributed by atoms with E-state index in [1.807, 2.05) is 17.1 Å². The summed E-state index contributed by atoms with van der Waals surface area (Å²) in [5.74, 6) is 1.62. The first-order valence-electron chi connectivity index (χ1n) is 6.68. The second kappa shape index (κ2) is 6.05. The van der Waals surface area contributed by atoms with Gasteiger partial charge >= 0.3 is 0 Å². The molecule has 1 aliphatic carbocycles. The van der Waals surface area contributed by atoms with Crippen LogP contribution >= 0.6 is 0 Å². The van der Waals surface area contributed by atoms with Crippen LogP contribution in [0, 0.1) is 5.92 Å². The summed E-state index contributed by atoms with van der Waals surface area (Å²) in [6.45, 7) is 3.88. The largest absolute Gasteiger partial charge is 0.490 e. The molecule has 0 saturated heterocycles. The Hall–Kier alpha value is -1.03. The number of aromatic nitrogens is 2. The van der Waals surface area contributed by atoms with Crippen LogP contribution in [0.15, 0.2) is 12.4 Å². The maximum atomic E-state index is 5.91. The molecule has 4 heteroatoms. The quantitative estimate of drug-likeness (QED) is 0.854. The molecule has 0 aromatic carbocycles. The van der Waals surface area contributed by atoms with Gasteiger partial charge in [-0.2, -0.15) is 5.10 Å². The number of hydrogen-bond acceptors (Lipinski definition) is 3. The second-order valence-electron chi connectivity index (χ2n) is 5.03. The van der Waals surface area contributed by atoms with E-state index in [1.165, 1.54) is 12.8 Å². The molecule has 1 aromatic rings.